The average molecular weight is 329 g/mol. The third-order valence-electron chi connectivity index (χ3n) is 4.85. The Labute approximate surface area is 143 Å². The molecule has 130 valence electrons. The third kappa shape index (κ3) is 4.29. The lowest BCUT2D eigenvalue weighted by Crippen LogP contribution is -2.41. The molecular weight excluding hydrogens is 302 g/mol. The first kappa shape index (κ1) is 16.8. The molecule has 1 aromatic rings. The Hall–Kier alpha value is -2.01. The molecule has 1 fully saturated rings. The third-order valence-corrected chi connectivity index (χ3v) is 4.85. The number of rotatable bonds is 5. The second-order valence-corrected chi connectivity index (χ2v) is 6.67. The molecule has 5 nitrogen and oxygen atoms in total. The molecule has 0 radical (unpaired) electrons. The minimum atomic E-state index is -0.156. The molecule has 1 aliphatic heterocycles. The second-order valence-electron chi connectivity index (χ2n) is 6.67. The van der Waals surface area contributed by atoms with Crippen molar-refractivity contribution in [3.8, 4) is 0 Å². The van der Waals surface area contributed by atoms with Gasteiger partial charge < -0.3 is 20.6 Å². The van der Waals surface area contributed by atoms with Crippen LogP contribution >= 0.6 is 0 Å². The Balaban J connectivity index is 1.53. The predicted molar refractivity (Wildman–Crippen MR) is 96.0 cm³/mol. The van der Waals surface area contributed by atoms with Crippen LogP contribution < -0.4 is 15.5 Å². The van der Waals surface area contributed by atoms with Crippen molar-refractivity contribution in [1.29, 1.82) is 0 Å². The number of aliphatic hydroxyl groups is 1. The molecule has 2 atom stereocenters. The van der Waals surface area contributed by atoms with E-state index in [9.17, 15) is 4.79 Å². The molecule has 2 aliphatic rings. The summed E-state index contributed by atoms with van der Waals surface area (Å²) in [5.74, 6) is 0.162. The highest BCUT2D eigenvalue weighted by molar-refractivity contribution is 5.75. The fraction of sp³-hybridized carbons (Fsp3) is 0.526. The highest BCUT2D eigenvalue weighted by Gasteiger charge is 2.20. The summed E-state index contributed by atoms with van der Waals surface area (Å²) in [6.45, 7) is 2.86. The van der Waals surface area contributed by atoms with Crippen molar-refractivity contribution in [2.45, 2.75) is 38.3 Å². The van der Waals surface area contributed by atoms with E-state index in [1.807, 2.05) is 18.2 Å². The van der Waals surface area contributed by atoms with Crippen molar-refractivity contribution >= 4 is 11.7 Å². The van der Waals surface area contributed by atoms with Gasteiger partial charge in [0, 0.05) is 43.9 Å². The first-order valence-electron chi connectivity index (χ1n) is 8.92. The molecule has 1 saturated heterocycles. The first-order chi connectivity index (χ1) is 11.8. The molecule has 3 rings (SSSR count). The van der Waals surface area contributed by atoms with Gasteiger partial charge in [0.05, 0.1) is 0 Å². The predicted octanol–water partition coefficient (Wildman–Crippen LogP) is 2.41. The summed E-state index contributed by atoms with van der Waals surface area (Å²) in [6.07, 6.45) is 8.49. The van der Waals surface area contributed by atoms with Crippen LogP contribution in [-0.2, 0) is 6.54 Å². The van der Waals surface area contributed by atoms with E-state index < -0.39 is 0 Å². The van der Waals surface area contributed by atoms with E-state index in [1.54, 1.807) is 0 Å². The van der Waals surface area contributed by atoms with Crippen LogP contribution in [0.25, 0.3) is 0 Å². The van der Waals surface area contributed by atoms with E-state index in [0.29, 0.717) is 6.54 Å². The summed E-state index contributed by atoms with van der Waals surface area (Å²) >= 11 is 0. The Bertz CT molecular complexity index is 582. The summed E-state index contributed by atoms with van der Waals surface area (Å²) in [5, 5.41) is 15.1. The Morgan fingerprint density at radius 2 is 1.96 bits per heavy atom. The SMILES string of the molecule is O=C(NCc1ccccc1N1CCCCC1)N[C@@H]1C=C[C@H](CO)C1. The molecule has 0 bridgehead atoms. The Morgan fingerprint density at radius 3 is 2.71 bits per heavy atom. The van der Waals surface area contributed by atoms with Gasteiger partial charge in [-0.1, -0.05) is 30.4 Å². The summed E-state index contributed by atoms with van der Waals surface area (Å²) < 4.78 is 0. The van der Waals surface area contributed by atoms with Crippen molar-refractivity contribution in [1.82, 2.24) is 10.6 Å². The fourth-order valence-corrected chi connectivity index (χ4v) is 3.52. The molecule has 2 amide bonds. The van der Waals surface area contributed by atoms with Gasteiger partial charge in [0.2, 0.25) is 0 Å². The number of para-hydroxylation sites is 1. The second kappa shape index (κ2) is 8.20. The number of carbonyl (C=O) groups is 1. The summed E-state index contributed by atoms with van der Waals surface area (Å²) in [5.41, 5.74) is 2.39. The van der Waals surface area contributed by atoms with Crippen molar-refractivity contribution in [2.24, 2.45) is 5.92 Å². The molecule has 5 heteroatoms. The smallest absolute Gasteiger partial charge is 0.315 e. The van der Waals surface area contributed by atoms with E-state index in [-0.39, 0.29) is 24.6 Å². The van der Waals surface area contributed by atoms with Crippen LogP contribution in [0.1, 0.15) is 31.2 Å². The number of nitrogens with zero attached hydrogens (tertiary/aromatic N) is 1. The van der Waals surface area contributed by atoms with Crippen LogP contribution in [0.5, 0.6) is 0 Å². The van der Waals surface area contributed by atoms with Gasteiger partial charge in [0.25, 0.3) is 0 Å². The standard InChI is InChI=1S/C19H27N3O2/c23-14-15-8-9-17(12-15)21-19(24)20-13-16-6-2-3-7-18(16)22-10-4-1-5-11-22/h2-3,6-9,15,17,23H,1,4-5,10-14H2,(H2,20,21,24)/t15-,17+/m0/s1. The molecular formula is C19H27N3O2. The van der Waals surface area contributed by atoms with Gasteiger partial charge in [-0.3, -0.25) is 0 Å². The minimum Gasteiger partial charge on any atom is -0.396 e. The van der Waals surface area contributed by atoms with Crippen molar-refractivity contribution < 1.29 is 9.90 Å². The summed E-state index contributed by atoms with van der Waals surface area (Å²) in [4.78, 5) is 14.5. The van der Waals surface area contributed by atoms with Crippen molar-refractivity contribution in [3.63, 3.8) is 0 Å². The number of benzene rings is 1. The quantitative estimate of drug-likeness (QED) is 0.727. The lowest BCUT2D eigenvalue weighted by Gasteiger charge is -2.30. The van der Waals surface area contributed by atoms with Crippen LogP contribution in [0.3, 0.4) is 0 Å². The molecule has 0 aromatic heterocycles. The van der Waals surface area contributed by atoms with Crippen LogP contribution in [0.4, 0.5) is 10.5 Å². The van der Waals surface area contributed by atoms with Crippen molar-refractivity contribution in [3.05, 3.63) is 42.0 Å². The molecule has 3 N–H and O–H groups in total. The highest BCUT2D eigenvalue weighted by Crippen LogP contribution is 2.24. The van der Waals surface area contributed by atoms with Gasteiger partial charge in [-0.2, -0.15) is 0 Å². The Kier molecular flexibility index (Phi) is 5.75. The van der Waals surface area contributed by atoms with Crippen LogP contribution in [0.2, 0.25) is 0 Å². The highest BCUT2D eigenvalue weighted by atomic mass is 16.3. The molecule has 24 heavy (non-hydrogen) atoms. The van der Waals surface area contributed by atoms with E-state index in [0.717, 1.165) is 25.1 Å². The zero-order chi connectivity index (χ0) is 16.8. The van der Waals surface area contributed by atoms with Gasteiger partial charge in [0.15, 0.2) is 0 Å². The normalized spacial score (nSPS) is 23.3. The zero-order valence-electron chi connectivity index (χ0n) is 14.1. The average Bonchev–Trinajstić information content (AvgIpc) is 3.08. The van der Waals surface area contributed by atoms with Crippen LogP contribution in [0, 0.1) is 5.92 Å². The number of anilines is 1. The van der Waals surface area contributed by atoms with Gasteiger partial charge in [0.1, 0.15) is 0 Å². The summed E-state index contributed by atoms with van der Waals surface area (Å²) in [7, 11) is 0. The van der Waals surface area contributed by atoms with Gasteiger partial charge >= 0.3 is 6.03 Å². The number of hydrogen-bond acceptors (Lipinski definition) is 3. The molecule has 1 aromatic carbocycles. The number of piperidine rings is 1. The largest absolute Gasteiger partial charge is 0.396 e. The maximum Gasteiger partial charge on any atom is 0.315 e. The molecule has 0 unspecified atom stereocenters. The lowest BCUT2D eigenvalue weighted by molar-refractivity contribution is 0.231. The molecule has 1 heterocycles. The fourth-order valence-electron chi connectivity index (χ4n) is 3.52. The minimum absolute atomic E-state index is 0.0134. The number of nitrogens with one attached hydrogen (secondary N) is 2. The van der Waals surface area contributed by atoms with E-state index >= 15 is 0 Å². The van der Waals surface area contributed by atoms with Crippen LogP contribution in [-0.4, -0.2) is 36.9 Å². The van der Waals surface area contributed by atoms with E-state index in [1.165, 1.54) is 24.9 Å². The van der Waals surface area contributed by atoms with E-state index in [2.05, 4.69) is 33.7 Å². The topological polar surface area (TPSA) is 64.6 Å². The van der Waals surface area contributed by atoms with Crippen LogP contribution in [0.15, 0.2) is 36.4 Å². The van der Waals surface area contributed by atoms with Gasteiger partial charge in [-0.05, 0) is 37.3 Å². The maximum absolute atomic E-state index is 12.1. The summed E-state index contributed by atoms with van der Waals surface area (Å²) in [6, 6.07) is 8.17. The van der Waals surface area contributed by atoms with Crippen molar-refractivity contribution in [2.75, 3.05) is 24.6 Å². The molecule has 0 spiro atoms. The maximum atomic E-state index is 12.1. The molecule has 1 aliphatic carbocycles. The first-order valence-corrected chi connectivity index (χ1v) is 8.92. The molecule has 0 saturated carbocycles. The number of urea groups is 1. The lowest BCUT2D eigenvalue weighted by atomic mass is 10.1. The number of hydrogen-bond donors (Lipinski definition) is 3. The Morgan fingerprint density at radius 1 is 1.17 bits per heavy atom. The van der Waals surface area contributed by atoms with Gasteiger partial charge in [-0.25, -0.2) is 4.79 Å². The number of carbonyl (C=O) groups excluding carboxylic acids is 1. The number of amides is 2. The monoisotopic (exact) mass is 329 g/mol. The van der Waals surface area contributed by atoms with Gasteiger partial charge in [-0.15, -0.1) is 0 Å². The van der Waals surface area contributed by atoms with E-state index in [4.69, 9.17) is 5.11 Å². The zero-order valence-corrected chi connectivity index (χ0v) is 14.1. The number of aliphatic hydroxyl groups excluding tert-OH is 1.